The first kappa shape index (κ1) is 19.2. The highest BCUT2D eigenvalue weighted by atomic mass is 35.5. The molecule has 1 fully saturated rings. The van der Waals surface area contributed by atoms with Crippen LogP contribution in [0.3, 0.4) is 0 Å². The van der Waals surface area contributed by atoms with E-state index in [0.717, 1.165) is 6.08 Å². The zero-order chi connectivity index (χ0) is 21.7. The Labute approximate surface area is 178 Å². The normalized spacial score (nSPS) is 18.0. The van der Waals surface area contributed by atoms with Crippen LogP contribution >= 0.6 is 11.6 Å². The minimum Gasteiger partial charge on any atom is -0.309 e. The van der Waals surface area contributed by atoms with Crippen LogP contribution in [0.2, 0.25) is 5.02 Å². The number of pyridine rings is 1. The lowest BCUT2D eigenvalue weighted by molar-refractivity contribution is -0.117. The zero-order valence-corrected chi connectivity index (χ0v) is 16.5. The van der Waals surface area contributed by atoms with Gasteiger partial charge in [0.2, 0.25) is 5.91 Å². The second-order valence-electron chi connectivity index (χ2n) is 7.20. The summed E-state index contributed by atoms with van der Waals surface area (Å²) in [6, 6.07) is 6.92. The number of allylic oxidation sites excluding steroid dienone is 1. The highest BCUT2D eigenvalue weighted by Gasteiger charge is 2.43. The first-order chi connectivity index (χ1) is 15.0. The Hall–Kier alpha value is -3.77. The average Bonchev–Trinajstić information content (AvgIpc) is 3.12. The number of aromatic nitrogens is 4. The summed E-state index contributed by atoms with van der Waals surface area (Å²) in [6.45, 7) is 0. The molecule has 31 heavy (non-hydrogen) atoms. The Bertz CT molecular complexity index is 1430. The lowest BCUT2D eigenvalue weighted by atomic mass is 9.98. The van der Waals surface area contributed by atoms with Crippen molar-refractivity contribution in [1.82, 2.24) is 19.8 Å². The molecule has 7 nitrogen and oxygen atoms in total. The highest BCUT2D eigenvalue weighted by molar-refractivity contribution is 6.35. The van der Waals surface area contributed by atoms with Crippen molar-refractivity contribution in [3.8, 4) is 17.2 Å². The number of fused-ring (bicyclic) bond motifs is 2. The Morgan fingerprint density at radius 1 is 1.45 bits per heavy atom. The fourth-order valence-electron chi connectivity index (χ4n) is 3.56. The molecule has 0 saturated heterocycles. The number of nitrogens with one attached hydrogen (secondary N) is 2. The number of nitrogens with zero attached hydrogens (tertiary/aromatic N) is 4. The van der Waals surface area contributed by atoms with Crippen LogP contribution in [0.1, 0.15) is 12.0 Å². The monoisotopic (exact) mass is 438 g/mol. The van der Waals surface area contributed by atoms with Gasteiger partial charge in [0.25, 0.3) is 0 Å². The Kier molecular flexibility index (Phi) is 4.45. The number of nitriles is 1. The maximum Gasteiger partial charge on any atom is 0.231 e. The molecule has 3 aromatic heterocycles. The van der Waals surface area contributed by atoms with Crippen molar-refractivity contribution in [3.05, 3.63) is 53.1 Å². The van der Waals surface area contributed by atoms with Gasteiger partial charge in [0.15, 0.2) is 11.6 Å². The molecular weight excluding hydrogens is 426 g/mol. The number of benzene rings is 1. The maximum atomic E-state index is 15.0. The van der Waals surface area contributed by atoms with Crippen molar-refractivity contribution in [1.29, 1.82) is 5.26 Å². The summed E-state index contributed by atoms with van der Waals surface area (Å²) in [5.41, 5.74) is 2.23. The SMILES string of the molecule is N#C/C=C/c1c(F)c(Cl)c(-c2ccn3nc(NC(=O)[C@@H]4C[C@@H]4F)cc3c2)c2cn[nH]c12. The largest absolute Gasteiger partial charge is 0.309 e. The van der Waals surface area contributed by atoms with E-state index in [2.05, 4.69) is 20.6 Å². The van der Waals surface area contributed by atoms with Gasteiger partial charge in [0.1, 0.15) is 6.17 Å². The quantitative estimate of drug-likeness (QED) is 0.458. The highest BCUT2D eigenvalue weighted by Crippen LogP contribution is 2.40. The summed E-state index contributed by atoms with van der Waals surface area (Å²) in [5, 5.41) is 22.9. The van der Waals surface area contributed by atoms with Gasteiger partial charge in [-0.05, 0) is 30.2 Å². The molecule has 10 heteroatoms. The van der Waals surface area contributed by atoms with Crippen molar-refractivity contribution < 1.29 is 13.6 Å². The van der Waals surface area contributed by atoms with Crippen LogP contribution in [0.15, 0.2) is 36.7 Å². The first-order valence-corrected chi connectivity index (χ1v) is 9.70. The standard InChI is InChI=1S/C21H13ClF2N6O/c22-18-17(14-9-26-28-20(14)12(19(18)24)2-1-4-25)10-3-5-30-11(6-10)7-16(29-30)27-21(31)13-8-15(13)23/h1-3,5-7,9,13,15H,8H2,(H,26,28)(H,27,29,31)/b2-1+/t13-,15+/m1/s1. The molecule has 5 rings (SSSR count). The molecule has 1 amide bonds. The van der Waals surface area contributed by atoms with Gasteiger partial charge in [0, 0.05) is 34.9 Å². The Balaban J connectivity index is 1.59. The number of carbonyl (C=O) groups is 1. The number of halogens is 3. The molecule has 0 bridgehead atoms. The number of alkyl halides is 1. The summed E-state index contributed by atoms with van der Waals surface area (Å²) in [4.78, 5) is 12.0. The first-order valence-electron chi connectivity index (χ1n) is 9.33. The van der Waals surface area contributed by atoms with Crippen molar-refractivity contribution in [2.24, 2.45) is 5.92 Å². The fourth-order valence-corrected chi connectivity index (χ4v) is 3.87. The van der Waals surface area contributed by atoms with Crippen LogP contribution in [0, 0.1) is 23.1 Å². The second-order valence-corrected chi connectivity index (χ2v) is 7.58. The van der Waals surface area contributed by atoms with Gasteiger partial charge in [0.05, 0.1) is 34.2 Å². The molecule has 4 aromatic rings. The Morgan fingerprint density at radius 3 is 3.00 bits per heavy atom. The summed E-state index contributed by atoms with van der Waals surface area (Å²) in [6.07, 6.45) is 4.82. The van der Waals surface area contributed by atoms with E-state index in [1.54, 1.807) is 28.9 Å². The number of anilines is 1. The number of H-pyrrole nitrogens is 1. The van der Waals surface area contributed by atoms with Gasteiger partial charge in [-0.1, -0.05) is 11.6 Å². The van der Waals surface area contributed by atoms with Gasteiger partial charge in [-0.3, -0.25) is 9.89 Å². The molecule has 0 unspecified atom stereocenters. The summed E-state index contributed by atoms with van der Waals surface area (Å²) in [5.74, 6) is -1.40. The van der Waals surface area contributed by atoms with Crippen molar-refractivity contribution >= 4 is 45.8 Å². The van der Waals surface area contributed by atoms with E-state index in [0.29, 0.717) is 33.4 Å². The predicted molar refractivity (Wildman–Crippen MR) is 112 cm³/mol. The van der Waals surface area contributed by atoms with Crippen LogP contribution < -0.4 is 5.32 Å². The van der Waals surface area contributed by atoms with E-state index < -0.39 is 23.8 Å². The lowest BCUT2D eigenvalue weighted by Gasteiger charge is -2.11. The van der Waals surface area contributed by atoms with E-state index >= 15 is 4.39 Å². The summed E-state index contributed by atoms with van der Waals surface area (Å²) < 4.78 is 29.6. The molecule has 2 N–H and O–H groups in total. The van der Waals surface area contributed by atoms with Gasteiger partial charge >= 0.3 is 0 Å². The van der Waals surface area contributed by atoms with Gasteiger partial charge in [-0.25, -0.2) is 13.3 Å². The molecular formula is C21H13ClF2N6O. The third kappa shape index (κ3) is 3.21. The number of aromatic amines is 1. The third-order valence-corrected chi connectivity index (χ3v) is 5.56. The molecule has 0 spiro atoms. The fraction of sp³-hybridized carbons (Fsp3) is 0.143. The van der Waals surface area contributed by atoms with E-state index in [4.69, 9.17) is 16.9 Å². The topological polar surface area (TPSA) is 98.9 Å². The summed E-state index contributed by atoms with van der Waals surface area (Å²) in [7, 11) is 0. The van der Waals surface area contributed by atoms with Gasteiger partial charge in [-0.2, -0.15) is 15.5 Å². The number of hydrogen-bond acceptors (Lipinski definition) is 4. The minimum absolute atomic E-state index is 0.105. The number of carbonyl (C=O) groups excluding carboxylic acids is 1. The number of rotatable bonds is 4. The zero-order valence-electron chi connectivity index (χ0n) is 15.7. The minimum atomic E-state index is -1.09. The molecule has 1 aliphatic carbocycles. The van der Waals surface area contributed by atoms with Crippen LogP contribution in [0.5, 0.6) is 0 Å². The lowest BCUT2D eigenvalue weighted by Crippen LogP contribution is -2.15. The number of amides is 1. The number of hydrogen-bond donors (Lipinski definition) is 2. The van der Waals surface area contributed by atoms with Crippen molar-refractivity contribution in [2.45, 2.75) is 12.6 Å². The van der Waals surface area contributed by atoms with E-state index in [1.807, 2.05) is 6.07 Å². The molecule has 2 atom stereocenters. The average molecular weight is 439 g/mol. The molecule has 0 radical (unpaired) electrons. The second kappa shape index (κ2) is 7.18. The smallest absolute Gasteiger partial charge is 0.231 e. The van der Waals surface area contributed by atoms with Gasteiger partial charge < -0.3 is 5.32 Å². The third-order valence-electron chi connectivity index (χ3n) is 5.20. The van der Waals surface area contributed by atoms with Crippen LogP contribution in [-0.2, 0) is 4.79 Å². The van der Waals surface area contributed by atoms with Crippen molar-refractivity contribution in [2.75, 3.05) is 5.32 Å². The molecule has 1 saturated carbocycles. The van der Waals surface area contributed by atoms with Gasteiger partial charge in [-0.15, -0.1) is 0 Å². The molecule has 3 heterocycles. The van der Waals surface area contributed by atoms with Crippen LogP contribution in [-0.4, -0.2) is 31.9 Å². The van der Waals surface area contributed by atoms with E-state index in [-0.39, 0.29) is 17.0 Å². The molecule has 1 aromatic carbocycles. The maximum absolute atomic E-state index is 15.0. The molecule has 0 aliphatic heterocycles. The molecule has 1 aliphatic rings. The molecule has 154 valence electrons. The van der Waals surface area contributed by atoms with Crippen LogP contribution in [0.25, 0.3) is 33.6 Å². The summed E-state index contributed by atoms with van der Waals surface area (Å²) >= 11 is 6.38. The van der Waals surface area contributed by atoms with Crippen LogP contribution in [0.4, 0.5) is 14.6 Å². The Morgan fingerprint density at radius 2 is 2.26 bits per heavy atom. The van der Waals surface area contributed by atoms with E-state index in [1.165, 1.54) is 12.3 Å². The van der Waals surface area contributed by atoms with Crippen molar-refractivity contribution in [3.63, 3.8) is 0 Å². The predicted octanol–water partition coefficient (Wildman–Crippen LogP) is 4.50. The van der Waals surface area contributed by atoms with E-state index in [9.17, 15) is 9.18 Å².